The third-order valence-electron chi connectivity index (χ3n) is 4.11. The molecule has 0 aromatic heterocycles. The molecule has 138 valence electrons. The van der Waals surface area contributed by atoms with Crippen LogP contribution in [0, 0.1) is 6.92 Å². The Kier molecular flexibility index (Phi) is 5.61. The fourth-order valence-electron chi connectivity index (χ4n) is 2.56. The minimum absolute atomic E-state index is 0.182. The van der Waals surface area contributed by atoms with Gasteiger partial charge in [-0.3, -0.25) is 4.79 Å². The van der Waals surface area contributed by atoms with Crippen molar-refractivity contribution < 1.29 is 19.4 Å². The van der Waals surface area contributed by atoms with Crippen LogP contribution < -0.4 is 14.8 Å². The molecule has 0 aliphatic rings. The van der Waals surface area contributed by atoms with Gasteiger partial charge < -0.3 is 19.9 Å². The van der Waals surface area contributed by atoms with Crippen LogP contribution in [0.2, 0.25) is 0 Å². The maximum Gasteiger partial charge on any atom is 0.251 e. The van der Waals surface area contributed by atoms with Crippen LogP contribution in [0.1, 0.15) is 21.5 Å². The third-order valence-corrected chi connectivity index (χ3v) is 4.11. The van der Waals surface area contributed by atoms with Crippen molar-refractivity contribution in [3.63, 3.8) is 0 Å². The van der Waals surface area contributed by atoms with Crippen LogP contribution in [0.4, 0.5) is 0 Å². The second-order valence-electron chi connectivity index (χ2n) is 6.11. The zero-order valence-corrected chi connectivity index (χ0v) is 15.2. The monoisotopic (exact) mass is 363 g/mol. The van der Waals surface area contributed by atoms with Gasteiger partial charge in [-0.05, 0) is 66.6 Å². The molecule has 3 aromatic rings. The van der Waals surface area contributed by atoms with Crippen molar-refractivity contribution in [1.29, 1.82) is 0 Å². The Hall–Kier alpha value is -3.47. The lowest BCUT2D eigenvalue weighted by Crippen LogP contribution is -2.22. The number of nitrogens with one attached hydrogen (secondary N) is 1. The highest BCUT2D eigenvalue weighted by Crippen LogP contribution is 2.27. The predicted molar refractivity (Wildman–Crippen MR) is 104 cm³/mol. The summed E-state index contributed by atoms with van der Waals surface area (Å²) in [6, 6.07) is 19.5. The molecule has 1 amide bonds. The number of benzene rings is 3. The van der Waals surface area contributed by atoms with E-state index in [4.69, 9.17) is 9.47 Å². The summed E-state index contributed by atoms with van der Waals surface area (Å²) in [4.78, 5) is 12.4. The summed E-state index contributed by atoms with van der Waals surface area (Å²) < 4.78 is 10.9. The van der Waals surface area contributed by atoms with E-state index in [0.29, 0.717) is 23.6 Å². The van der Waals surface area contributed by atoms with Crippen LogP contribution in [0.5, 0.6) is 23.0 Å². The summed E-state index contributed by atoms with van der Waals surface area (Å²) in [6.45, 7) is 2.22. The average Bonchev–Trinajstić information content (AvgIpc) is 2.69. The van der Waals surface area contributed by atoms with Gasteiger partial charge in [-0.2, -0.15) is 0 Å². The van der Waals surface area contributed by atoms with Crippen LogP contribution in [-0.4, -0.2) is 18.1 Å². The Labute approximate surface area is 158 Å². The first-order valence-corrected chi connectivity index (χ1v) is 8.54. The van der Waals surface area contributed by atoms with Crippen LogP contribution in [0.25, 0.3) is 0 Å². The van der Waals surface area contributed by atoms with Gasteiger partial charge in [-0.15, -0.1) is 0 Å². The highest BCUT2D eigenvalue weighted by Gasteiger charge is 2.08. The summed E-state index contributed by atoms with van der Waals surface area (Å²) in [7, 11) is 1.62. The van der Waals surface area contributed by atoms with E-state index in [2.05, 4.69) is 5.32 Å². The molecule has 0 saturated carbocycles. The van der Waals surface area contributed by atoms with E-state index in [-0.39, 0.29) is 11.7 Å². The summed E-state index contributed by atoms with van der Waals surface area (Å²) in [5.41, 5.74) is 2.22. The summed E-state index contributed by atoms with van der Waals surface area (Å²) in [5.74, 6) is 1.96. The molecule has 0 aliphatic carbocycles. The number of phenols is 1. The number of hydrogen-bond acceptors (Lipinski definition) is 4. The van der Waals surface area contributed by atoms with E-state index in [1.54, 1.807) is 56.5 Å². The van der Waals surface area contributed by atoms with Crippen molar-refractivity contribution in [2.24, 2.45) is 0 Å². The molecule has 0 spiro atoms. The maximum absolute atomic E-state index is 12.4. The Morgan fingerprint density at radius 2 is 1.67 bits per heavy atom. The number of hydrogen-bond donors (Lipinski definition) is 2. The van der Waals surface area contributed by atoms with Crippen LogP contribution in [0.15, 0.2) is 66.7 Å². The summed E-state index contributed by atoms with van der Waals surface area (Å²) in [5, 5.41) is 12.5. The van der Waals surface area contributed by atoms with E-state index < -0.39 is 0 Å². The zero-order chi connectivity index (χ0) is 19.2. The third kappa shape index (κ3) is 4.79. The van der Waals surface area contributed by atoms with Gasteiger partial charge in [-0.25, -0.2) is 0 Å². The molecule has 5 nitrogen and oxygen atoms in total. The van der Waals surface area contributed by atoms with Gasteiger partial charge in [0, 0.05) is 12.1 Å². The lowest BCUT2D eigenvalue weighted by atomic mass is 10.1. The molecule has 0 aliphatic heterocycles. The second kappa shape index (κ2) is 8.27. The van der Waals surface area contributed by atoms with Gasteiger partial charge in [0.05, 0.1) is 7.11 Å². The van der Waals surface area contributed by atoms with Crippen molar-refractivity contribution >= 4 is 5.91 Å². The summed E-state index contributed by atoms with van der Waals surface area (Å²) >= 11 is 0. The second-order valence-corrected chi connectivity index (χ2v) is 6.11. The van der Waals surface area contributed by atoms with Crippen LogP contribution >= 0.6 is 0 Å². The Morgan fingerprint density at radius 1 is 0.963 bits per heavy atom. The molecular formula is C22H21NO4. The van der Waals surface area contributed by atoms with Crippen molar-refractivity contribution in [2.75, 3.05) is 7.11 Å². The quantitative estimate of drug-likeness (QED) is 0.680. The minimum Gasteiger partial charge on any atom is -0.508 e. The Morgan fingerprint density at radius 3 is 2.37 bits per heavy atom. The van der Waals surface area contributed by atoms with Gasteiger partial charge >= 0.3 is 0 Å². The number of ether oxygens (including phenoxy) is 2. The van der Waals surface area contributed by atoms with Crippen molar-refractivity contribution in [3.05, 3.63) is 83.4 Å². The number of carbonyl (C=O) groups is 1. The number of carbonyl (C=O) groups excluding carboxylic acids is 1. The van der Waals surface area contributed by atoms with E-state index in [0.717, 1.165) is 16.9 Å². The molecular weight excluding hydrogens is 342 g/mol. The Bertz CT molecular complexity index is 935. The minimum atomic E-state index is -0.182. The fraction of sp³-hybridized carbons (Fsp3) is 0.136. The molecule has 0 radical (unpaired) electrons. The normalized spacial score (nSPS) is 10.3. The highest BCUT2D eigenvalue weighted by molar-refractivity contribution is 5.94. The zero-order valence-electron chi connectivity index (χ0n) is 15.2. The Balaban J connectivity index is 1.64. The molecule has 5 heteroatoms. The molecule has 0 heterocycles. The average molecular weight is 363 g/mol. The molecule has 0 fully saturated rings. The highest BCUT2D eigenvalue weighted by atomic mass is 16.5. The lowest BCUT2D eigenvalue weighted by molar-refractivity contribution is 0.0950. The van der Waals surface area contributed by atoms with Crippen LogP contribution in [-0.2, 0) is 6.54 Å². The lowest BCUT2D eigenvalue weighted by Gasteiger charge is -2.10. The number of phenolic OH excluding ortho intramolecular Hbond substituents is 1. The molecule has 3 aromatic carbocycles. The van der Waals surface area contributed by atoms with Crippen molar-refractivity contribution in [3.8, 4) is 23.0 Å². The van der Waals surface area contributed by atoms with Gasteiger partial charge in [0.1, 0.15) is 23.0 Å². The van der Waals surface area contributed by atoms with Crippen molar-refractivity contribution in [1.82, 2.24) is 5.32 Å². The number of amides is 1. The smallest absolute Gasteiger partial charge is 0.251 e. The molecule has 2 N–H and O–H groups in total. The van der Waals surface area contributed by atoms with E-state index >= 15 is 0 Å². The predicted octanol–water partition coefficient (Wildman–Crippen LogP) is 4.43. The fourth-order valence-corrected chi connectivity index (χ4v) is 2.56. The van der Waals surface area contributed by atoms with Gasteiger partial charge in [0.25, 0.3) is 5.91 Å². The van der Waals surface area contributed by atoms with Gasteiger partial charge in [-0.1, -0.05) is 18.2 Å². The van der Waals surface area contributed by atoms with Gasteiger partial charge in [0.15, 0.2) is 0 Å². The van der Waals surface area contributed by atoms with Crippen molar-refractivity contribution in [2.45, 2.75) is 13.5 Å². The molecule has 0 atom stereocenters. The van der Waals surface area contributed by atoms with E-state index in [1.807, 2.05) is 24.3 Å². The first-order chi connectivity index (χ1) is 13.0. The number of aryl methyl sites for hydroxylation is 1. The summed E-state index contributed by atoms with van der Waals surface area (Å²) in [6.07, 6.45) is 0. The first kappa shape index (κ1) is 18.3. The SMILES string of the molecule is COc1ccc(CNC(=O)c2cccc(Oc3ccc(O)c(C)c3)c2)cc1. The standard InChI is InChI=1S/C22H21NO4/c1-15-12-20(10-11-21(15)24)27-19-5-3-4-17(13-19)22(25)23-14-16-6-8-18(26-2)9-7-16/h3-13,24H,14H2,1-2H3,(H,23,25). The molecule has 0 saturated heterocycles. The number of rotatable bonds is 6. The maximum atomic E-state index is 12.4. The molecule has 27 heavy (non-hydrogen) atoms. The van der Waals surface area contributed by atoms with E-state index in [1.165, 1.54) is 0 Å². The van der Waals surface area contributed by atoms with E-state index in [9.17, 15) is 9.90 Å². The first-order valence-electron chi connectivity index (χ1n) is 8.54. The number of methoxy groups -OCH3 is 1. The number of aromatic hydroxyl groups is 1. The molecule has 0 unspecified atom stereocenters. The van der Waals surface area contributed by atoms with Crippen LogP contribution in [0.3, 0.4) is 0 Å². The van der Waals surface area contributed by atoms with Gasteiger partial charge in [0.2, 0.25) is 0 Å². The molecule has 3 rings (SSSR count). The molecule has 0 bridgehead atoms. The largest absolute Gasteiger partial charge is 0.508 e. The topological polar surface area (TPSA) is 67.8 Å².